The maximum atomic E-state index is 12.3. The molecule has 0 heterocycles. The predicted molar refractivity (Wildman–Crippen MR) is 93.7 cm³/mol. The van der Waals surface area contributed by atoms with Crippen molar-refractivity contribution in [2.75, 3.05) is 20.4 Å². The van der Waals surface area contributed by atoms with Gasteiger partial charge in [-0.1, -0.05) is 61.4 Å². The van der Waals surface area contributed by atoms with Gasteiger partial charge in [-0.15, -0.1) is 0 Å². The van der Waals surface area contributed by atoms with Gasteiger partial charge < -0.3 is 4.74 Å². The van der Waals surface area contributed by atoms with E-state index in [1.54, 1.807) is 7.11 Å². The van der Waals surface area contributed by atoms with E-state index in [1.807, 2.05) is 6.07 Å². The van der Waals surface area contributed by atoms with E-state index in [0.717, 1.165) is 38.7 Å². The molecule has 0 radical (unpaired) electrons. The molecule has 2 heteroatoms. The van der Waals surface area contributed by atoms with Crippen LogP contribution in [0.1, 0.15) is 51.0 Å². The molecule has 1 aromatic rings. The van der Waals surface area contributed by atoms with E-state index in [2.05, 4.69) is 43.3 Å². The second kappa shape index (κ2) is 12.2. The Morgan fingerprint density at radius 3 is 2.55 bits per heavy atom. The van der Waals surface area contributed by atoms with Crippen LogP contribution in [0.4, 0.5) is 4.39 Å². The Balaban J connectivity index is 2.91. The molecule has 0 aliphatic heterocycles. The van der Waals surface area contributed by atoms with Gasteiger partial charge in [0.15, 0.2) is 0 Å². The first-order valence-corrected chi connectivity index (χ1v) is 8.31. The largest absolute Gasteiger partial charge is 0.384 e. The highest BCUT2D eigenvalue weighted by atomic mass is 19.1. The zero-order chi connectivity index (χ0) is 16.0. The number of hydrogen-bond acceptors (Lipinski definition) is 1. The van der Waals surface area contributed by atoms with Gasteiger partial charge >= 0.3 is 0 Å². The normalized spacial score (nSPS) is 12.7. The highest BCUT2D eigenvalue weighted by molar-refractivity contribution is 5.74. The maximum absolute atomic E-state index is 12.3. The van der Waals surface area contributed by atoms with Crippen molar-refractivity contribution in [1.29, 1.82) is 0 Å². The molecule has 1 nitrogen and oxygen atoms in total. The smallest absolute Gasteiger partial charge is 0.0894 e. The molecule has 0 saturated carbocycles. The molecule has 0 amide bonds. The molecule has 22 heavy (non-hydrogen) atoms. The van der Waals surface area contributed by atoms with Crippen molar-refractivity contribution in [3.05, 3.63) is 53.6 Å². The van der Waals surface area contributed by atoms with Crippen LogP contribution in [-0.2, 0) is 4.74 Å². The maximum Gasteiger partial charge on any atom is 0.0894 e. The van der Waals surface area contributed by atoms with Gasteiger partial charge in [0.05, 0.1) is 6.67 Å². The van der Waals surface area contributed by atoms with Gasteiger partial charge in [0.2, 0.25) is 0 Å². The number of hydrogen-bond donors (Lipinski definition) is 0. The van der Waals surface area contributed by atoms with Crippen LogP contribution in [0, 0.1) is 0 Å². The first-order valence-electron chi connectivity index (χ1n) is 8.31. The van der Waals surface area contributed by atoms with Gasteiger partial charge in [0.1, 0.15) is 0 Å². The summed E-state index contributed by atoms with van der Waals surface area (Å²) < 4.78 is 17.5. The Morgan fingerprint density at radius 1 is 1.14 bits per heavy atom. The molecular weight excluding hydrogens is 275 g/mol. The average Bonchev–Trinajstić information content (AvgIpc) is 2.55. The Labute approximate surface area is 134 Å². The monoisotopic (exact) mass is 304 g/mol. The van der Waals surface area contributed by atoms with Crippen molar-refractivity contribution >= 4 is 5.57 Å². The summed E-state index contributed by atoms with van der Waals surface area (Å²) in [6.07, 6.45) is 10.2. The standard InChI is InChI=1S/C20H29FO/c1-3-10-18(11-7-8-15-21)17-20(14-9-16-22-2)19-12-5-4-6-13-19/h4-6,12-14,17H,3,7-11,15-16H2,1-2H3/b18-17-,20-14+. The van der Waals surface area contributed by atoms with E-state index in [4.69, 9.17) is 4.74 Å². The van der Waals surface area contributed by atoms with Crippen LogP contribution in [0.15, 0.2) is 48.1 Å². The molecule has 0 spiro atoms. The first kappa shape index (κ1) is 18.6. The van der Waals surface area contributed by atoms with Crippen molar-refractivity contribution < 1.29 is 9.13 Å². The van der Waals surface area contributed by atoms with E-state index in [0.29, 0.717) is 6.42 Å². The topological polar surface area (TPSA) is 9.23 Å². The number of rotatable bonds is 11. The number of ether oxygens (including phenoxy) is 1. The van der Waals surface area contributed by atoms with Crippen LogP contribution in [0.3, 0.4) is 0 Å². The molecule has 0 aliphatic carbocycles. The first-order chi connectivity index (χ1) is 10.8. The van der Waals surface area contributed by atoms with Gasteiger partial charge in [-0.25, -0.2) is 0 Å². The summed E-state index contributed by atoms with van der Waals surface area (Å²) >= 11 is 0. The van der Waals surface area contributed by atoms with Gasteiger partial charge in [0, 0.05) is 13.7 Å². The molecule has 1 rings (SSSR count). The Kier molecular flexibility index (Phi) is 10.3. The molecule has 0 aromatic heterocycles. The fourth-order valence-corrected chi connectivity index (χ4v) is 2.48. The second-order valence-electron chi connectivity index (χ2n) is 5.51. The lowest BCUT2D eigenvalue weighted by molar-refractivity contribution is 0.204. The Morgan fingerprint density at radius 2 is 1.91 bits per heavy atom. The number of allylic oxidation sites excluding steroid dienone is 3. The summed E-state index contributed by atoms with van der Waals surface area (Å²) in [4.78, 5) is 0. The molecular formula is C20H29FO. The quantitative estimate of drug-likeness (QED) is 0.361. The van der Waals surface area contributed by atoms with E-state index in [-0.39, 0.29) is 6.67 Å². The molecule has 0 bridgehead atoms. The van der Waals surface area contributed by atoms with Crippen LogP contribution >= 0.6 is 0 Å². The zero-order valence-electron chi connectivity index (χ0n) is 14.0. The van der Waals surface area contributed by atoms with E-state index in [9.17, 15) is 4.39 Å². The highest BCUT2D eigenvalue weighted by Gasteiger charge is 2.02. The fourth-order valence-electron chi connectivity index (χ4n) is 2.48. The number of alkyl halides is 1. The van der Waals surface area contributed by atoms with E-state index >= 15 is 0 Å². The number of unbranched alkanes of at least 4 members (excludes halogenated alkanes) is 1. The average molecular weight is 304 g/mol. The molecule has 0 aliphatic rings. The summed E-state index contributed by atoms with van der Waals surface area (Å²) in [6, 6.07) is 10.4. The second-order valence-corrected chi connectivity index (χ2v) is 5.51. The number of benzene rings is 1. The molecule has 0 atom stereocenters. The third-order valence-electron chi connectivity index (χ3n) is 3.61. The van der Waals surface area contributed by atoms with Crippen LogP contribution in [0.5, 0.6) is 0 Å². The predicted octanol–water partition coefficient (Wildman–Crippen LogP) is 5.97. The van der Waals surface area contributed by atoms with Gasteiger partial charge in [0.25, 0.3) is 0 Å². The highest BCUT2D eigenvalue weighted by Crippen LogP contribution is 2.23. The summed E-state index contributed by atoms with van der Waals surface area (Å²) in [5.41, 5.74) is 3.91. The molecule has 0 fully saturated rings. The van der Waals surface area contributed by atoms with Crippen molar-refractivity contribution in [1.82, 2.24) is 0 Å². The van der Waals surface area contributed by atoms with E-state index < -0.39 is 0 Å². The summed E-state index contributed by atoms with van der Waals surface area (Å²) in [5.74, 6) is 0. The lowest BCUT2D eigenvalue weighted by Gasteiger charge is -2.09. The van der Waals surface area contributed by atoms with Crippen LogP contribution in [0.25, 0.3) is 5.57 Å². The van der Waals surface area contributed by atoms with Crippen LogP contribution < -0.4 is 0 Å². The van der Waals surface area contributed by atoms with Crippen molar-refractivity contribution in [3.8, 4) is 0 Å². The molecule has 122 valence electrons. The van der Waals surface area contributed by atoms with Crippen molar-refractivity contribution in [2.45, 2.75) is 45.4 Å². The summed E-state index contributed by atoms with van der Waals surface area (Å²) in [7, 11) is 1.73. The van der Waals surface area contributed by atoms with Crippen LogP contribution in [0.2, 0.25) is 0 Å². The third-order valence-corrected chi connectivity index (χ3v) is 3.61. The SMILES string of the molecule is CCC/C(=C/C(=C\CCOC)c1ccccc1)CCCCF. The van der Waals surface area contributed by atoms with Gasteiger partial charge in [-0.05, 0) is 43.2 Å². The molecule has 0 unspecified atom stereocenters. The fraction of sp³-hybridized carbons (Fsp3) is 0.500. The summed E-state index contributed by atoms with van der Waals surface area (Å²) in [5, 5.41) is 0. The lowest BCUT2D eigenvalue weighted by atomic mass is 9.97. The minimum absolute atomic E-state index is 0.214. The zero-order valence-corrected chi connectivity index (χ0v) is 14.0. The molecule has 0 N–H and O–H groups in total. The Bertz CT molecular complexity index is 448. The minimum atomic E-state index is -0.214. The van der Waals surface area contributed by atoms with Crippen LogP contribution in [-0.4, -0.2) is 20.4 Å². The third kappa shape index (κ3) is 7.56. The van der Waals surface area contributed by atoms with Gasteiger partial charge in [-0.3, -0.25) is 4.39 Å². The lowest BCUT2D eigenvalue weighted by Crippen LogP contribution is -1.91. The number of methoxy groups -OCH3 is 1. The summed E-state index contributed by atoms with van der Waals surface area (Å²) in [6.45, 7) is 2.71. The van der Waals surface area contributed by atoms with E-state index in [1.165, 1.54) is 16.7 Å². The molecule has 0 saturated heterocycles. The minimum Gasteiger partial charge on any atom is -0.384 e. The molecule has 1 aromatic carbocycles. The van der Waals surface area contributed by atoms with Gasteiger partial charge in [-0.2, -0.15) is 0 Å². The number of halogens is 1. The van der Waals surface area contributed by atoms with Crippen molar-refractivity contribution in [2.24, 2.45) is 0 Å². The Hall–Kier alpha value is -1.41. The van der Waals surface area contributed by atoms with Crippen molar-refractivity contribution in [3.63, 3.8) is 0 Å².